The lowest BCUT2D eigenvalue weighted by atomic mass is 10.5. The summed E-state index contributed by atoms with van der Waals surface area (Å²) >= 11 is 1.26. The van der Waals surface area contributed by atoms with E-state index in [1.165, 1.54) is 18.7 Å². The third-order valence-electron chi connectivity index (χ3n) is 1.86. The molecule has 1 aromatic heterocycles. The van der Waals surface area contributed by atoms with Gasteiger partial charge in [0.15, 0.2) is 5.82 Å². The highest BCUT2D eigenvalue weighted by molar-refractivity contribution is 8.00. The van der Waals surface area contributed by atoms with E-state index >= 15 is 0 Å². The second-order valence-corrected chi connectivity index (χ2v) is 4.81. The minimum Gasteiger partial charge on any atom is -0.465 e. The number of rotatable bonds is 5. The first-order valence-electron chi connectivity index (χ1n) is 5.47. The molecule has 0 saturated carbocycles. The summed E-state index contributed by atoms with van der Waals surface area (Å²) in [4.78, 5) is 22.2. The molecule has 0 spiro atoms. The number of nitrogens with one attached hydrogen (secondary N) is 1. The Kier molecular flexibility index (Phi) is 5.57. The number of carbonyl (C=O) groups excluding carboxylic acids is 2. The maximum atomic E-state index is 11.4. The average Bonchev–Trinajstić information content (AvgIpc) is 2.31. The van der Waals surface area contributed by atoms with Crippen LogP contribution in [0.3, 0.4) is 0 Å². The lowest BCUT2D eigenvalue weighted by Crippen LogP contribution is -2.17. The molecule has 0 unspecified atom stereocenters. The summed E-state index contributed by atoms with van der Waals surface area (Å²) in [6.07, 6.45) is 0. The highest BCUT2D eigenvalue weighted by atomic mass is 32.2. The molecule has 1 N–H and O–H groups in total. The maximum absolute atomic E-state index is 11.4. The minimum atomic E-state index is -0.342. The van der Waals surface area contributed by atoms with Crippen molar-refractivity contribution in [1.29, 1.82) is 0 Å². The average molecular weight is 269 g/mol. The fourth-order valence-electron chi connectivity index (χ4n) is 1.12. The van der Waals surface area contributed by atoms with Crippen LogP contribution in [0.15, 0.2) is 17.2 Å². The molecule has 0 fully saturated rings. The van der Waals surface area contributed by atoms with Crippen LogP contribution in [0.25, 0.3) is 0 Å². The molecule has 0 aliphatic carbocycles. The van der Waals surface area contributed by atoms with Gasteiger partial charge in [0.25, 0.3) is 0 Å². The Morgan fingerprint density at radius 2 is 2.17 bits per heavy atom. The molecule has 6 nitrogen and oxygen atoms in total. The summed E-state index contributed by atoms with van der Waals surface area (Å²) in [5.74, 6) is -0.101. The van der Waals surface area contributed by atoms with E-state index in [1.54, 1.807) is 26.0 Å². The van der Waals surface area contributed by atoms with Gasteiger partial charge in [0.05, 0.1) is 6.61 Å². The van der Waals surface area contributed by atoms with Crippen molar-refractivity contribution in [1.82, 2.24) is 10.2 Å². The lowest BCUT2D eigenvalue weighted by molar-refractivity contribution is -0.142. The molecule has 0 aliphatic heterocycles. The van der Waals surface area contributed by atoms with Gasteiger partial charge in [0.2, 0.25) is 5.91 Å². The second-order valence-electron chi connectivity index (χ2n) is 3.45. The van der Waals surface area contributed by atoms with Crippen molar-refractivity contribution < 1.29 is 14.3 Å². The van der Waals surface area contributed by atoms with E-state index in [2.05, 4.69) is 15.5 Å². The van der Waals surface area contributed by atoms with Crippen molar-refractivity contribution in [2.45, 2.75) is 31.0 Å². The number of aromatic nitrogens is 2. The summed E-state index contributed by atoms with van der Waals surface area (Å²) in [5, 5.41) is 10.5. The smallest absolute Gasteiger partial charge is 0.319 e. The summed E-state index contributed by atoms with van der Waals surface area (Å²) in [6.45, 7) is 5.26. The van der Waals surface area contributed by atoms with Gasteiger partial charge in [0.1, 0.15) is 10.3 Å². The molecule has 0 radical (unpaired) electrons. The van der Waals surface area contributed by atoms with E-state index in [0.717, 1.165) is 0 Å². The molecule has 18 heavy (non-hydrogen) atoms. The van der Waals surface area contributed by atoms with Gasteiger partial charge in [-0.3, -0.25) is 9.59 Å². The van der Waals surface area contributed by atoms with Crippen molar-refractivity contribution in [3.8, 4) is 0 Å². The van der Waals surface area contributed by atoms with Crippen LogP contribution in [0.4, 0.5) is 5.82 Å². The van der Waals surface area contributed by atoms with Crippen LogP contribution in [-0.4, -0.2) is 33.9 Å². The molecular weight excluding hydrogens is 254 g/mol. The van der Waals surface area contributed by atoms with Gasteiger partial charge in [-0.25, -0.2) is 0 Å². The summed E-state index contributed by atoms with van der Waals surface area (Å²) in [6, 6.07) is 3.33. The third-order valence-corrected chi connectivity index (χ3v) is 2.87. The standard InChI is InChI=1S/C11H15N3O3S/c1-4-17-11(16)7(2)18-10-6-5-9(13-14-10)12-8(3)15/h5-7H,4H2,1-3H3,(H,12,13,15)/t7-/m1/s1. The van der Waals surface area contributed by atoms with Crippen molar-refractivity contribution in [2.75, 3.05) is 11.9 Å². The van der Waals surface area contributed by atoms with Gasteiger partial charge in [-0.2, -0.15) is 0 Å². The zero-order valence-corrected chi connectivity index (χ0v) is 11.3. The Balaban J connectivity index is 2.58. The van der Waals surface area contributed by atoms with Crippen LogP contribution in [0.2, 0.25) is 0 Å². The fourth-order valence-corrected chi connectivity index (χ4v) is 1.88. The molecule has 1 amide bonds. The Morgan fingerprint density at radius 3 is 2.67 bits per heavy atom. The highest BCUT2D eigenvalue weighted by Gasteiger charge is 2.16. The molecule has 0 aromatic carbocycles. The van der Waals surface area contributed by atoms with E-state index in [4.69, 9.17) is 4.74 Å². The number of hydrogen-bond acceptors (Lipinski definition) is 6. The quantitative estimate of drug-likeness (QED) is 0.644. The van der Waals surface area contributed by atoms with Crippen LogP contribution in [-0.2, 0) is 14.3 Å². The van der Waals surface area contributed by atoms with E-state index in [-0.39, 0.29) is 17.1 Å². The fraction of sp³-hybridized carbons (Fsp3) is 0.455. The van der Waals surface area contributed by atoms with E-state index in [1.807, 2.05) is 0 Å². The number of amides is 1. The zero-order chi connectivity index (χ0) is 13.5. The van der Waals surface area contributed by atoms with E-state index in [0.29, 0.717) is 17.5 Å². The van der Waals surface area contributed by atoms with Gasteiger partial charge < -0.3 is 10.1 Å². The Labute approximate surface area is 110 Å². The summed E-state index contributed by atoms with van der Waals surface area (Å²) in [7, 11) is 0. The van der Waals surface area contributed by atoms with Crippen LogP contribution in [0.5, 0.6) is 0 Å². The molecule has 0 aliphatic rings. The van der Waals surface area contributed by atoms with Gasteiger partial charge in [0, 0.05) is 6.92 Å². The Bertz CT molecular complexity index is 422. The van der Waals surface area contributed by atoms with Crippen molar-refractivity contribution >= 4 is 29.5 Å². The molecule has 1 atom stereocenters. The Morgan fingerprint density at radius 1 is 1.44 bits per heavy atom. The van der Waals surface area contributed by atoms with Crippen LogP contribution in [0, 0.1) is 0 Å². The van der Waals surface area contributed by atoms with E-state index in [9.17, 15) is 9.59 Å². The molecule has 0 saturated heterocycles. The predicted molar refractivity (Wildman–Crippen MR) is 68.3 cm³/mol. The van der Waals surface area contributed by atoms with E-state index < -0.39 is 0 Å². The molecule has 98 valence electrons. The highest BCUT2D eigenvalue weighted by Crippen LogP contribution is 2.21. The number of anilines is 1. The molecule has 1 rings (SSSR count). The van der Waals surface area contributed by atoms with Crippen molar-refractivity contribution in [3.05, 3.63) is 12.1 Å². The normalized spacial score (nSPS) is 11.7. The van der Waals surface area contributed by atoms with Crippen molar-refractivity contribution in [2.24, 2.45) is 0 Å². The largest absolute Gasteiger partial charge is 0.465 e. The number of carbonyl (C=O) groups is 2. The topological polar surface area (TPSA) is 81.2 Å². The number of ether oxygens (including phenoxy) is 1. The molecule has 1 heterocycles. The van der Waals surface area contributed by atoms with Crippen LogP contribution >= 0.6 is 11.8 Å². The van der Waals surface area contributed by atoms with Gasteiger partial charge in [-0.1, -0.05) is 11.8 Å². The predicted octanol–water partition coefficient (Wildman–Crippen LogP) is 1.48. The number of thioether (sulfide) groups is 1. The molecular formula is C11H15N3O3S. The monoisotopic (exact) mass is 269 g/mol. The summed E-state index contributed by atoms with van der Waals surface area (Å²) in [5.41, 5.74) is 0. The molecule has 0 bridgehead atoms. The third kappa shape index (κ3) is 4.70. The Hall–Kier alpha value is -1.63. The zero-order valence-electron chi connectivity index (χ0n) is 10.5. The van der Waals surface area contributed by atoms with Crippen LogP contribution < -0.4 is 5.32 Å². The first-order valence-corrected chi connectivity index (χ1v) is 6.35. The number of hydrogen-bond donors (Lipinski definition) is 1. The molecule has 7 heteroatoms. The SMILES string of the molecule is CCOC(=O)[C@@H](C)Sc1ccc(NC(C)=O)nn1. The summed E-state index contributed by atoms with van der Waals surface area (Å²) < 4.78 is 4.89. The maximum Gasteiger partial charge on any atom is 0.319 e. The lowest BCUT2D eigenvalue weighted by Gasteiger charge is -2.09. The van der Waals surface area contributed by atoms with Crippen LogP contribution in [0.1, 0.15) is 20.8 Å². The van der Waals surface area contributed by atoms with Gasteiger partial charge >= 0.3 is 5.97 Å². The minimum absolute atomic E-state index is 0.204. The molecule has 1 aromatic rings. The van der Waals surface area contributed by atoms with Gasteiger partial charge in [-0.05, 0) is 26.0 Å². The van der Waals surface area contributed by atoms with Gasteiger partial charge in [-0.15, -0.1) is 10.2 Å². The second kappa shape index (κ2) is 6.95. The first-order chi connectivity index (χ1) is 8.52. The number of esters is 1. The first kappa shape index (κ1) is 14.4. The van der Waals surface area contributed by atoms with Crippen molar-refractivity contribution in [3.63, 3.8) is 0 Å². The number of nitrogens with zero attached hydrogens (tertiary/aromatic N) is 2.